The van der Waals surface area contributed by atoms with Crippen LogP contribution in [-0.2, 0) is 0 Å². The lowest BCUT2D eigenvalue weighted by molar-refractivity contribution is 0.113. The third-order valence-corrected chi connectivity index (χ3v) is 7.83. The minimum Gasteiger partial charge on any atom is -0.207 e. The molecule has 4 atom stereocenters. The third kappa shape index (κ3) is 5.54. The molecule has 2 aliphatic carbocycles. The Morgan fingerprint density at radius 3 is 2.26 bits per heavy atom. The summed E-state index contributed by atoms with van der Waals surface area (Å²) in [5.41, 5.74) is 1.56. The molecule has 0 saturated heterocycles. The van der Waals surface area contributed by atoms with Gasteiger partial charge in [-0.05, 0) is 85.1 Å². The average Bonchev–Trinajstić information content (AvgIpc) is 2.75. The zero-order valence-corrected chi connectivity index (χ0v) is 18.7. The van der Waals surface area contributed by atoms with Crippen molar-refractivity contribution in [1.82, 2.24) is 0 Å². The molecule has 0 aromatic heterocycles. The number of halogens is 3. The van der Waals surface area contributed by atoms with Gasteiger partial charge in [-0.15, -0.1) is 0 Å². The highest BCUT2D eigenvalue weighted by Crippen LogP contribution is 2.48. The van der Waals surface area contributed by atoms with E-state index < -0.39 is 11.6 Å². The number of fused-ring (bicyclic) bond motifs is 1. The summed E-state index contributed by atoms with van der Waals surface area (Å²) in [5.74, 6) is 1.18. The lowest BCUT2D eigenvalue weighted by Gasteiger charge is -2.42. The standard InChI is InChI=1S/C28H35F3/c1-2-3-4-5-6-19-7-8-21-14-22(10-9-20(21)13-19)23-11-12-27(28(31)17-23)24-15-25(29)18-26(30)16-24/h11-12,15-22H,2-10,13-14H2,1H3. The Labute approximate surface area is 185 Å². The summed E-state index contributed by atoms with van der Waals surface area (Å²) >= 11 is 0. The smallest absolute Gasteiger partial charge is 0.131 e. The summed E-state index contributed by atoms with van der Waals surface area (Å²) in [6.45, 7) is 2.27. The highest BCUT2D eigenvalue weighted by atomic mass is 19.1. The molecule has 0 aliphatic heterocycles. The van der Waals surface area contributed by atoms with Crippen LogP contribution in [0.5, 0.6) is 0 Å². The van der Waals surface area contributed by atoms with Gasteiger partial charge in [-0.1, -0.05) is 57.6 Å². The van der Waals surface area contributed by atoms with E-state index in [1.165, 1.54) is 69.9 Å². The molecule has 3 heteroatoms. The van der Waals surface area contributed by atoms with Crippen LogP contribution in [0.3, 0.4) is 0 Å². The fraction of sp³-hybridized carbons (Fsp3) is 0.571. The Hall–Kier alpha value is -1.77. The van der Waals surface area contributed by atoms with Gasteiger partial charge in [-0.25, -0.2) is 13.2 Å². The summed E-state index contributed by atoms with van der Waals surface area (Å²) in [6, 6.07) is 8.44. The number of hydrogen-bond donors (Lipinski definition) is 0. The van der Waals surface area contributed by atoms with E-state index in [1.807, 2.05) is 6.07 Å². The van der Waals surface area contributed by atoms with Crippen molar-refractivity contribution in [2.75, 3.05) is 0 Å². The molecular formula is C28H35F3. The van der Waals surface area contributed by atoms with E-state index >= 15 is 0 Å². The van der Waals surface area contributed by atoms with E-state index in [2.05, 4.69) is 6.92 Å². The summed E-state index contributed by atoms with van der Waals surface area (Å²) < 4.78 is 41.9. The topological polar surface area (TPSA) is 0 Å². The maximum atomic E-state index is 14.9. The summed E-state index contributed by atoms with van der Waals surface area (Å²) in [5, 5.41) is 0. The number of hydrogen-bond acceptors (Lipinski definition) is 0. The van der Waals surface area contributed by atoms with Crippen LogP contribution in [0.1, 0.15) is 89.0 Å². The highest BCUT2D eigenvalue weighted by Gasteiger charge is 2.35. The molecule has 0 spiro atoms. The number of benzene rings is 2. The summed E-state index contributed by atoms with van der Waals surface area (Å²) in [4.78, 5) is 0. The van der Waals surface area contributed by atoms with Crippen molar-refractivity contribution in [3.05, 3.63) is 59.4 Å². The SMILES string of the molecule is CCCCCCC1CCC2CC(c3ccc(-c4cc(F)cc(F)c4)c(F)c3)CCC2C1. The Morgan fingerprint density at radius 2 is 1.52 bits per heavy atom. The van der Waals surface area contributed by atoms with Gasteiger partial charge in [-0.3, -0.25) is 0 Å². The molecule has 2 aromatic rings. The second-order valence-electron chi connectivity index (χ2n) is 9.96. The Morgan fingerprint density at radius 1 is 0.774 bits per heavy atom. The number of unbranched alkanes of at least 4 members (excludes halogenated alkanes) is 3. The van der Waals surface area contributed by atoms with Crippen molar-refractivity contribution in [1.29, 1.82) is 0 Å². The maximum absolute atomic E-state index is 14.9. The molecule has 0 N–H and O–H groups in total. The van der Waals surface area contributed by atoms with Crippen molar-refractivity contribution in [2.24, 2.45) is 17.8 Å². The van der Waals surface area contributed by atoms with Gasteiger partial charge in [0.2, 0.25) is 0 Å². The van der Waals surface area contributed by atoms with E-state index in [9.17, 15) is 13.2 Å². The predicted molar refractivity (Wildman–Crippen MR) is 121 cm³/mol. The average molecular weight is 429 g/mol. The Balaban J connectivity index is 1.37. The first-order valence-corrected chi connectivity index (χ1v) is 12.3. The second kappa shape index (κ2) is 10.2. The molecular weight excluding hydrogens is 393 g/mol. The normalized spacial score (nSPS) is 25.9. The van der Waals surface area contributed by atoms with Crippen molar-refractivity contribution >= 4 is 0 Å². The predicted octanol–water partition coefficient (Wildman–Crippen LogP) is 9.04. The van der Waals surface area contributed by atoms with Gasteiger partial charge in [-0.2, -0.15) is 0 Å². The first-order chi connectivity index (χ1) is 15.0. The highest BCUT2D eigenvalue weighted by molar-refractivity contribution is 5.64. The van der Waals surface area contributed by atoms with Crippen LogP contribution in [0.15, 0.2) is 36.4 Å². The fourth-order valence-corrected chi connectivity index (χ4v) is 6.14. The van der Waals surface area contributed by atoms with Gasteiger partial charge in [0.05, 0.1) is 0 Å². The molecule has 2 fully saturated rings. The van der Waals surface area contributed by atoms with Crippen molar-refractivity contribution in [3.63, 3.8) is 0 Å². The van der Waals surface area contributed by atoms with E-state index in [1.54, 1.807) is 12.1 Å². The fourth-order valence-electron chi connectivity index (χ4n) is 6.14. The Kier molecular flexibility index (Phi) is 7.40. The monoisotopic (exact) mass is 428 g/mol. The van der Waals surface area contributed by atoms with Crippen LogP contribution in [0.25, 0.3) is 11.1 Å². The molecule has 0 amide bonds. The van der Waals surface area contributed by atoms with Crippen LogP contribution in [0.4, 0.5) is 13.2 Å². The van der Waals surface area contributed by atoms with Crippen LogP contribution in [0.2, 0.25) is 0 Å². The van der Waals surface area contributed by atoms with E-state index in [4.69, 9.17) is 0 Å². The molecule has 4 rings (SSSR count). The Bertz CT molecular complexity index is 854. The minimum atomic E-state index is -0.683. The van der Waals surface area contributed by atoms with Gasteiger partial charge >= 0.3 is 0 Å². The molecule has 0 radical (unpaired) electrons. The van der Waals surface area contributed by atoms with Crippen LogP contribution >= 0.6 is 0 Å². The lowest BCUT2D eigenvalue weighted by Crippen LogP contribution is -2.30. The van der Waals surface area contributed by atoms with E-state index in [0.29, 0.717) is 5.92 Å². The maximum Gasteiger partial charge on any atom is 0.131 e. The first-order valence-electron chi connectivity index (χ1n) is 12.3. The van der Waals surface area contributed by atoms with Crippen LogP contribution < -0.4 is 0 Å². The molecule has 4 unspecified atom stereocenters. The molecule has 2 saturated carbocycles. The van der Waals surface area contributed by atoms with Crippen molar-refractivity contribution < 1.29 is 13.2 Å². The van der Waals surface area contributed by atoms with E-state index in [0.717, 1.165) is 42.2 Å². The van der Waals surface area contributed by atoms with E-state index in [-0.39, 0.29) is 16.9 Å². The molecule has 2 aromatic carbocycles. The van der Waals surface area contributed by atoms with Gasteiger partial charge in [0.1, 0.15) is 17.5 Å². The van der Waals surface area contributed by atoms with Gasteiger partial charge in [0, 0.05) is 11.6 Å². The van der Waals surface area contributed by atoms with Gasteiger partial charge < -0.3 is 0 Å². The summed E-state index contributed by atoms with van der Waals surface area (Å²) in [7, 11) is 0. The van der Waals surface area contributed by atoms with Crippen LogP contribution in [0, 0.1) is 35.2 Å². The lowest BCUT2D eigenvalue weighted by atomic mass is 9.63. The summed E-state index contributed by atoms with van der Waals surface area (Å²) in [6.07, 6.45) is 14.4. The zero-order chi connectivity index (χ0) is 21.8. The first kappa shape index (κ1) is 22.4. The number of rotatable bonds is 7. The van der Waals surface area contributed by atoms with Gasteiger partial charge in [0.15, 0.2) is 0 Å². The van der Waals surface area contributed by atoms with Crippen LogP contribution in [-0.4, -0.2) is 0 Å². The largest absolute Gasteiger partial charge is 0.207 e. The molecule has 31 heavy (non-hydrogen) atoms. The molecule has 0 heterocycles. The zero-order valence-electron chi connectivity index (χ0n) is 18.7. The molecule has 0 nitrogen and oxygen atoms in total. The second-order valence-corrected chi connectivity index (χ2v) is 9.96. The van der Waals surface area contributed by atoms with Crippen molar-refractivity contribution in [2.45, 2.75) is 83.5 Å². The minimum absolute atomic E-state index is 0.252. The van der Waals surface area contributed by atoms with Crippen molar-refractivity contribution in [3.8, 4) is 11.1 Å². The molecule has 0 bridgehead atoms. The molecule has 168 valence electrons. The third-order valence-electron chi connectivity index (χ3n) is 7.83. The van der Waals surface area contributed by atoms with Gasteiger partial charge in [0.25, 0.3) is 0 Å². The quantitative estimate of drug-likeness (QED) is 0.386. The molecule has 2 aliphatic rings.